The van der Waals surface area contributed by atoms with Crippen molar-refractivity contribution in [3.8, 4) is 6.07 Å². The van der Waals surface area contributed by atoms with Crippen molar-refractivity contribution in [2.45, 2.75) is 25.8 Å². The molecular formula is C13H16N2. The summed E-state index contributed by atoms with van der Waals surface area (Å²) >= 11 is 0. The van der Waals surface area contributed by atoms with E-state index in [-0.39, 0.29) is 5.92 Å². The first-order valence-electron chi connectivity index (χ1n) is 5.44. The number of nitrogens with zero attached hydrogens (tertiary/aromatic N) is 2. The number of likely N-dealkylation sites (N-methyl/N-ethyl adjacent to an activating group) is 1. The largest absolute Gasteiger partial charge is 0.300 e. The van der Waals surface area contributed by atoms with Gasteiger partial charge >= 0.3 is 0 Å². The molecule has 1 heterocycles. The highest BCUT2D eigenvalue weighted by Gasteiger charge is 2.22. The topological polar surface area (TPSA) is 27.0 Å². The Bertz CT molecular complexity index is 403. The highest BCUT2D eigenvalue weighted by molar-refractivity contribution is 5.39. The lowest BCUT2D eigenvalue weighted by Gasteiger charge is -2.28. The molecule has 0 saturated heterocycles. The van der Waals surface area contributed by atoms with Crippen LogP contribution in [0.2, 0.25) is 0 Å². The molecule has 0 fully saturated rings. The van der Waals surface area contributed by atoms with Crippen LogP contribution in [0.1, 0.15) is 29.5 Å². The number of hydrogen-bond donors (Lipinski definition) is 0. The number of fused-ring (bicyclic) bond motifs is 1. The standard InChI is InChI=1S/C13H16N2/c1-3-10-4-5-11-8-15(2)9-12(7-14)13(11)6-10/h4-6,12H,3,8-9H2,1-2H3. The molecule has 0 N–H and O–H groups in total. The van der Waals surface area contributed by atoms with E-state index in [1.165, 1.54) is 16.7 Å². The van der Waals surface area contributed by atoms with Gasteiger partial charge in [0.05, 0.1) is 12.0 Å². The first-order chi connectivity index (χ1) is 7.24. The number of hydrogen-bond acceptors (Lipinski definition) is 2. The van der Waals surface area contributed by atoms with Gasteiger partial charge in [0, 0.05) is 13.1 Å². The summed E-state index contributed by atoms with van der Waals surface area (Å²) in [6.45, 7) is 3.98. The minimum absolute atomic E-state index is 0.0465. The van der Waals surface area contributed by atoms with Crippen LogP contribution in [-0.2, 0) is 13.0 Å². The molecule has 1 aliphatic rings. The smallest absolute Gasteiger partial charge is 0.0842 e. The van der Waals surface area contributed by atoms with Crippen LogP contribution in [0.15, 0.2) is 18.2 Å². The predicted octanol–water partition coefficient (Wildman–Crippen LogP) is 2.30. The first-order valence-corrected chi connectivity index (χ1v) is 5.44. The second-order valence-corrected chi connectivity index (χ2v) is 4.27. The molecule has 15 heavy (non-hydrogen) atoms. The van der Waals surface area contributed by atoms with Crippen molar-refractivity contribution in [2.24, 2.45) is 0 Å². The zero-order valence-electron chi connectivity index (χ0n) is 9.33. The van der Waals surface area contributed by atoms with Crippen LogP contribution >= 0.6 is 0 Å². The Balaban J connectivity index is 2.44. The second kappa shape index (κ2) is 4.04. The molecule has 1 atom stereocenters. The monoisotopic (exact) mass is 200 g/mol. The molecule has 0 radical (unpaired) electrons. The fourth-order valence-corrected chi connectivity index (χ4v) is 2.21. The summed E-state index contributed by atoms with van der Waals surface area (Å²) < 4.78 is 0. The lowest BCUT2D eigenvalue weighted by atomic mass is 9.89. The minimum Gasteiger partial charge on any atom is -0.300 e. The fourth-order valence-electron chi connectivity index (χ4n) is 2.21. The van der Waals surface area contributed by atoms with Gasteiger partial charge in [-0.05, 0) is 30.2 Å². The third-order valence-corrected chi connectivity index (χ3v) is 3.08. The van der Waals surface area contributed by atoms with Crippen LogP contribution in [0.25, 0.3) is 0 Å². The SMILES string of the molecule is CCc1ccc2c(c1)C(C#N)CN(C)C2. The maximum absolute atomic E-state index is 9.14. The number of rotatable bonds is 1. The highest BCUT2D eigenvalue weighted by atomic mass is 15.1. The predicted molar refractivity (Wildman–Crippen MR) is 60.5 cm³/mol. The average molecular weight is 200 g/mol. The summed E-state index contributed by atoms with van der Waals surface area (Å²) in [6.07, 6.45) is 1.04. The molecule has 78 valence electrons. The maximum Gasteiger partial charge on any atom is 0.0842 e. The van der Waals surface area contributed by atoms with Gasteiger partial charge in [-0.1, -0.05) is 25.1 Å². The zero-order chi connectivity index (χ0) is 10.8. The van der Waals surface area contributed by atoms with Gasteiger partial charge in [0.25, 0.3) is 0 Å². The van der Waals surface area contributed by atoms with E-state index in [1.807, 2.05) is 0 Å². The van der Waals surface area contributed by atoms with Crippen molar-refractivity contribution in [3.63, 3.8) is 0 Å². The van der Waals surface area contributed by atoms with Crippen LogP contribution in [0, 0.1) is 11.3 Å². The van der Waals surface area contributed by atoms with Crippen molar-refractivity contribution < 1.29 is 0 Å². The molecule has 2 nitrogen and oxygen atoms in total. The van der Waals surface area contributed by atoms with E-state index in [1.54, 1.807) is 0 Å². The van der Waals surface area contributed by atoms with Crippen molar-refractivity contribution in [1.82, 2.24) is 4.90 Å². The molecule has 1 aromatic carbocycles. The molecule has 1 aromatic rings. The van der Waals surface area contributed by atoms with Gasteiger partial charge in [-0.25, -0.2) is 0 Å². The van der Waals surface area contributed by atoms with Crippen LogP contribution < -0.4 is 0 Å². The van der Waals surface area contributed by atoms with Crippen LogP contribution in [-0.4, -0.2) is 18.5 Å². The quantitative estimate of drug-likeness (QED) is 0.695. The van der Waals surface area contributed by atoms with E-state index in [9.17, 15) is 0 Å². The Hall–Kier alpha value is -1.33. The Morgan fingerprint density at radius 1 is 1.53 bits per heavy atom. The van der Waals surface area contributed by atoms with Gasteiger partial charge in [0.1, 0.15) is 0 Å². The van der Waals surface area contributed by atoms with Crippen LogP contribution in [0.5, 0.6) is 0 Å². The van der Waals surface area contributed by atoms with Gasteiger partial charge in [-0.15, -0.1) is 0 Å². The molecule has 0 spiro atoms. The van der Waals surface area contributed by atoms with Gasteiger partial charge in [-0.3, -0.25) is 0 Å². The molecule has 0 amide bonds. The molecule has 1 aliphatic heterocycles. The number of nitriles is 1. The minimum atomic E-state index is 0.0465. The van der Waals surface area contributed by atoms with Crippen molar-refractivity contribution in [2.75, 3.05) is 13.6 Å². The normalized spacial score (nSPS) is 20.7. The van der Waals surface area contributed by atoms with Crippen molar-refractivity contribution in [3.05, 3.63) is 34.9 Å². The average Bonchev–Trinajstić information content (AvgIpc) is 2.27. The van der Waals surface area contributed by atoms with E-state index in [4.69, 9.17) is 5.26 Å². The van der Waals surface area contributed by atoms with Gasteiger partial charge in [0.15, 0.2) is 0 Å². The van der Waals surface area contributed by atoms with E-state index in [0.717, 1.165) is 19.5 Å². The molecule has 1 unspecified atom stereocenters. The molecule has 2 rings (SSSR count). The third-order valence-electron chi connectivity index (χ3n) is 3.08. The number of aryl methyl sites for hydroxylation is 1. The van der Waals surface area contributed by atoms with E-state index in [2.05, 4.69) is 43.1 Å². The van der Waals surface area contributed by atoms with Gasteiger partial charge in [-0.2, -0.15) is 5.26 Å². The molecule has 0 aliphatic carbocycles. The Morgan fingerprint density at radius 2 is 2.33 bits per heavy atom. The number of benzene rings is 1. The summed E-state index contributed by atoms with van der Waals surface area (Å²) in [6, 6.07) is 8.95. The van der Waals surface area contributed by atoms with E-state index >= 15 is 0 Å². The summed E-state index contributed by atoms with van der Waals surface area (Å²) in [5.74, 6) is 0.0465. The van der Waals surface area contributed by atoms with Crippen molar-refractivity contribution >= 4 is 0 Å². The lowest BCUT2D eigenvalue weighted by Crippen LogP contribution is -2.29. The van der Waals surface area contributed by atoms with Crippen LogP contribution in [0.3, 0.4) is 0 Å². The second-order valence-electron chi connectivity index (χ2n) is 4.27. The molecule has 0 aromatic heterocycles. The fraction of sp³-hybridized carbons (Fsp3) is 0.462. The van der Waals surface area contributed by atoms with E-state index in [0.29, 0.717) is 0 Å². The summed E-state index contributed by atoms with van der Waals surface area (Å²) in [5.41, 5.74) is 3.89. The first kappa shape index (κ1) is 10.2. The maximum atomic E-state index is 9.14. The van der Waals surface area contributed by atoms with E-state index < -0.39 is 0 Å². The zero-order valence-corrected chi connectivity index (χ0v) is 9.33. The van der Waals surface area contributed by atoms with Gasteiger partial charge in [0.2, 0.25) is 0 Å². The molecule has 0 bridgehead atoms. The van der Waals surface area contributed by atoms with Gasteiger partial charge < -0.3 is 4.90 Å². The molecule has 2 heteroatoms. The Labute approximate surface area is 91.1 Å². The van der Waals surface area contributed by atoms with Crippen molar-refractivity contribution in [1.29, 1.82) is 5.26 Å². The molecule has 0 saturated carbocycles. The Morgan fingerprint density at radius 3 is 3.00 bits per heavy atom. The third kappa shape index (κ3) is 1.88. The Kier molecular flexibility index (Phi) is 2.75. The highest BCUT2D eigenvalue weighted by Crippen LogP contribution is 2.28. The summed E-state index contributed by atoms with van der Waals surface area (Å²) in [4.78, 5) is 2.21. The summed E-state index contributed by atoms with van der Waals surface area (Å²) in [5, 5.41) is 9.14. The summed E-state index contributed by atoms with van der Waals surface area (Å²) in [7, 11) is 2.07. The molecular weight excluding hydrogens is 184 g/mol. The van der Waals surface area contributed by atoms with Crippen LogP contribution in [0.4, 0.5) is 0 Å². The lowest BCUT2D eigenvalue weighted by molar-refractivity contribution is 0.300.